The van der Waals surface area contributed by atoms with Crippen molar-refractivity contribution < 1.29 is 9.16 Å². The van der Waals surface area contributed by atoms with E-state index in [0.717, 1.165) is 12.4 Å². The third kappa shape index (κ3) is 2.47. The lowest BCUT2D eigenvalue weighted by atomic mass is 10.1. The molecule has 1 unspecified atom stereocenters. The van der Waals surface area contributed by atoms with Gasteiger partial charge in [0.2, 0.25) is 5.88 Å². The monoisotopic (exact) mass is 268 g/mol. The fraction of sp³-hybridized carbons (Fsp3) is 0.769. The van der Waals surface area contributed by atoms with Crippen molar-refractivity contribution in [1.82, 2.24) is 9.78 Å². The number of aromatic nitrogens is 2. The quantitative estimate of drug-likeness (QED) is 0.773. The average Bonchev–Trinajstić information content (AvgIpc) is 2.60. The number of hydrogen-bond acceptors (Lipinski definition) is 3. The van der Waals surface area contributed by atoms with Crippen LogP contribution in [-0.4, -0.2) is 30.3 Å². The molecule has 0 N–H and O–H groups in total. The Kier molecular flexibility index (Phi) is 3.10. The van der Waals surface area contributed by atoms with Crippen LogP contribution in [0.2, 0.25) is 18.1 Å². The Labute approximate surface area is 110 Å². The van der Waals surface area contributed by atoms with E-state index in [2.05, 4.69) is 45.9 Å². The highest BCUT2D eigenvalue weighted by Gasteiger charge is 2.45. The molecule has 0 bridgehead atoms. The first-order chi connectivity index (χ1) is 8.13. The smallest absolute Gasteiger partial charge is 0.211 e. The van der Waals surface area contributed by atoms with Crippen LogP contribution < -0.4 is 4.74 Å². The molecule has 102 valence electrons. The zero-order valence-electron chi connectivity index (χ0n) is 12.3. The Morgan fingerprint density at radius 2 is 2.11 bits per heavy atom. The third-order valence-corrected chi connectivity index (χ3v) is 8.61. The zero-order valence-corrected chi connectivity index (χ0v) is 13.3. The summed E-state index contributed by atoms with van der Waals surface area (Å²) in [6.45, 7) is 14.8. The van der Waals surface area contributed by atoms with Gasteiger partial charge in [0.25, 0.3) is 0 Å². The van der Waals surface area contributed by atoms with E-state index in [4.69, 9.17) is 9.16 Å². The van der Waals surface area contributed by atoms with Crippen molar-refractivity contribution >= 4 is 8.32 Å². The van der Waals surface area contributed by atoms with Crippen LogP contribution in [0.1, 0.15) is 27.7 Å². The van der Waals surface area contributed by atoms with E-state index < -0.39 is 8.32 Å². The van der Waals surface area contributed by atoms with E-state index in [0.29, 0.717) is 6.61 Å². The molecule has 2 rings (SSSR count). The van der Waals surface area contributed by atoms with Gasteiger partial charge in [0.1, 0.15) is 12.2 Å². The molecule has 0 aliphatic carbocycles. The van der Waals surface area contributed by atoms with Crippen LogP contribution in [0.5, 0.6) is 5.88 Å². The van der Waals surface area contributed by atoms with Gasteiger partial charge < -0.3 is 9.16 Å². The topological polar surface area (TPSA) is 36.3 Å². The molecule has 1 aromatic rings. The van der Waals surface area contributed by atoms with Gasteiger partial charge in [0, 0.05) is 6.07 Å². The highest BCUT2D eigenvalue weighted by atomic mass is 28.4. The van der Waals surface area contributed by atoms with E-state index in [1.165, 1.54) is 0 Å². The molecule has 0 spiro atoms. The second-order valence-corrected chi connectivity index (χ2v) is 11.7. The summed E-state index contributed by atoms with van der Waals surface area (Å²) in [5.41, 5.74) is -0.276. The normalized spacial score (nSPS) is 24.6. The molecule has 1 aliphatic heterocycles. The Hall–Kier alpha value is -0.813. The molecule has 0 aromatic carbocycles. The van der Waals surface area contributed by atoms with Crippen molar-refractivity contribution in [2.75, 3.05) is 6.61 Å². The number of hydrogen-bond donors (Lipinski definition) is 0. The summed E-state index contributed by atoms with van der Waals surface area (Å²) in [6.07, 6.45) is 1.77. The summed E-state index contributed by atoms with van der Waals surface area (Å²) in [4.78, 5) is 0. The van der Waals surface area contributed by atoms with E-state index in [1.54, 1.807) is 6.20 Å². The Morgan fingerprint density at radius 3 is 2.72 bits per heavy atom. The summed E-state index contributed by atoms with van der Waals surface area (Å²) in [7, 11) is -1.79. The summed E-state index contributed by atoms with van der Waals surface area (Å²) in [5.74, 6) is 0.839. The molecule has 4 nitrogen and oxygen atoms in total. The minimum atomic E-state index is -1.79. The van der Waals surface area contributed by atoms with Gasteiger partial charge in [-0.3, -0.25) is 0 Å². The lowest BCUT2D eigenvalue weighted by molar-refractivity contribution is -0.0205. The number of nitrogens with zero attached hydrogens (tertiary/aromatic N) is 2. The standard InChI is InChI=1S/C13H24N2O2Si/c1-12(2,3)18(5,6)17-13(4)9-15-11(16-10-13)7-8-14-15/h7-8H,9-10H2,1-6H3. The minimum Gasteiger partial charge on any atom is -0.475 e. The molecule has 0 radical (unpaired) electrons. The predicted molar refractivity (Wildman–Crippen MR) is 74.4 cm³/mol. The third-order valence-electron chi connectivity index (χ3n) is 3.99. The van der Waals surface area contributed by atoms with E-state index >= 15 is 0 Å². The Morgan fingerprint density at radius 1 is 1.44 bits per heavy atom. The molecular formula is C13H24N2O2Si. The number of fused-ring (bicyclic) bond motifs is 1. The second-order valence-electron chi connectivity index (χ2n) is 6.93. The van der Waals surface area contributed by atoms with E-state index in [1.807, 2.05) is 10.7 Å². The molecule has 0 saturated carbocycles. The fourth-order valence-electron chi connectivity index (χ4n) is 1.98. The summed E-state index contributed by atoms with van der Waals surface area (Å²) >= 11 is 0. The SMILES string of the molecule is CC1(O[Si](C)(C)C(C)(C)C)COc2ccnn2C1. The molecule has 1 atom stereocenters. The van der Waals surface area contributed by atoms with Crippen molar-refractivity contribution in [3.63, 3.8) is 0 Å². The summed E-state index contributed by atoms with van der Waals surface area (Å²) in [5, 5.41) is 4.48. The molecule has 5 heteroatoms. The summed E-state index contributed by atoms with van der Waals surface area (Å²) in [6, 6.07) is 1.89. The molecule has 18 heavy (non-hydrogen) atoms. The van der Waals surface area contributed by atoms with Gasteiger partial charge in [-0.1, -0.05) is 20.8 Å². The van der Waals surface area contributed by atoms with Crippen molar-refractivity contribution in [1.29, 1.82) is 0 Å². The molecular weight excluding hydrogens is 244 g/mol. The van der Waals surface area contributed by atoms with Crippen LogP contribution in [0.3, 0.4) is 0 Å². The molecule has 1 aromatic heterocycles. The Bertz CT molecular complexity index is 436. The lowest BCUT2D eigenvalue weighted by Crippen LogP contribution is -2.54. The van der Waals surface area contributed by atoms with Crippen LogP contribution in [0.4, 0.5) is 0 Å². The Balaban J connectivity index is 2.15. The average molecular weight is 268 g/mol. The number of rotatable bonds is 2. The van der Waals surface area contributed by atoms with Gasteiger partial charge in [-0.15, -0.1) is 0 Å². The highest BCUT2D eigenvalue weighted by molar-refractivity contribution is 6.74. The molecule has 1 aliphatic rings. The van der Waals surface area contributed by atoms with Crippen LogP contribution in [-0.2, 0) is 11.0 Å². The number of ether oxygens (including phenoxy) is 1. The maximum Gasteiger partial charge on any atom is 0.211 e. The first-order valence-corrected chi connectivity index (χ1v) is 9.39. The van der Waals surface area contributed by atoms with Gasteiger partial charge in [0.05, 0.1) is 12.7 Å². The fourth-order valence-corrected chi connectivity index (χ4v) is 3.64. The van der Waals surface area contributed by atoms with Crippen molar-refractivity contribution in [2.24, 2.45) is 0 Å². The van der Waals surface area contributed by atoms with Gasteiger partial charge in [0.15, 0.2) is 8.32 Å². The van der Waals surface area contributed by atoms with Crippen LogP contribution in [0.25, 0.3) is 0 Å². The molecule has 2 heterocycles. The highest BCUT2D eigenvalue weighted by Crippen LogP contribution is 2.40. The first-order valence-electron chi connectivity index (χ1n) is 6.48. The largest absolute Gasteiger partial charge is 0.475 e. The lowest BCUT2D eigenvalue weighted by Gasteiger charge is -2.45. The maximum absolute atomic E-state index is 6.51. The molecule has 0 amide bonds. The van der Waals surface area contributed by atoms with Crippen molar-refractivity contribution in [3.8, 4) is 5.88 Å². The van der Waals surface area contributed by atoms with Gasteiger partial charge in [-0.2, -0.15) is 5.10 Å². The first kappa shape index (κ1) is 13.6. The molecule has 0 fully saturated rings. The maximum atomic E-state index is 6.51. The van der Waals surface area contributed by atoms with Gasteiger partial charge >= 0.3 is 0 Å². The van der Waals surface area contributed by atoms with E-state index in [9.17, 15) is 0 Å². The van der Waals surface area contributed by atoms with Crippen LogP contribution >= 0.6 is 0 Å². The van der Waals surface area contributed by atoms with Gasteiger partial charge in [-0.25, -0.2) is 4.68 Å². The zero-order chi connectivity index (χ0) is 13.6. The van der Waals surface area contributed by atoms with Crippen molar-refractivity contribution in [3.05, 3.63) is 12.3 Å². The second kappa shape index (κ2) is 4.10. The van der Waals surface area contributed by atoms with Crippen LogP contribution in [0.15, 0.2) is 12.3 Å². The predicted octanol–water partition coefficient (Wildman–Crippen LogP) is 3.06. The van der Waals surface area contributed by atoms with Crippen molar-refractivity contribution in [2.45, 2.75) is 58.0 Å². The van der Waals surface area contributed by atoms with E-state index in [-0.39, 0.29) is 10.6 Å². The summed E-state index contributed by atoms with van der Waals surface area (Å²) < 4.78 is 14.1. The van der Waals surface area contributed by atoms with Crippen LogP contribution in [0, 0.1) is 0 Å². The molecule has 0 saturated heterocycles. The van der Waals surface area contributed by atoms with Gasteiger partial charge in [-0.05, 0) is 25.1 Å². The minimum absolute atomic E-state index is 0.209.